The Labute approximate surface area is 157 Å². The molecule has 0 heterocycles. The summed E-state index contributed by atoms with van der Waals surface area (Å²) in [5.74, 6) is -1.43. The van der Waals surface area contributed by atoms with Crippen LogP contribution in [0.3, 0.4) is 0 Å². The van der Waals surface area contributed by atoms with E-state index in [0.29, 0.717) is 18.4 Å². The summed E-state index contributed by atoms with van der Waals surface area (Å²) in [6.45, 7) is 0.226. The Morgan fingerprint density at radius 3 is 2.37 bits per heavy atom. The van der Waals surface area contributed by atoms with Gasteiger partial charge in [0, 0.05) is 24.6 Å². The molecule has 1 unspecified atom stereocenters. The van der Waals surface area contributed by atoms with Crippen molar-refractivity contribution >= 4 is 17.9 Å². The summed E-state index contributed by atoms with van der Waals surface area (Å²) in [6.07, 6.45) is 0.839. The molecule has 2 aromatic carbocycles. The lowest BCUT2D eigenvalue weighted by molar-refractivity contribution is -0.137. The lowest BCUT2D eigenvalue weighted by Gasteiger charge is -2.19. The summed E-state index contributed by atoms with van der Waals surface area (Å²) in [6, 6.07) is 15.6. The predicted molar refractivity (Wildman–Crippen MR) is 101 cm³/mol. The number of carboxylic acid groups (broad SMARTS) is 1. The van der Waals surface area contributed by atoms with Crippen LogP contribution in [0.5, 0.6) is 0 Å². The van der Waals surface area contributed by atoms with Gasteiger partial charge in [-0.1, -0.05) is 42.5 Å². The number of primary amides is 1. The average Bonchev–Trinajstić information content (AvgIpc) is 2.65. The fourth-order valence-electron chi connectivity index (χ4n) is 2.67. The van der Waals surface area contributed by atoms with Crippen LogP contribution in [0.2, 0.25) is 0 Å². The van der Waals surface area contributed by atoms with Gasteiger partial charge in [-0.3, -0.25) is 9.59 Å². The van der Waals surface area contributed by atoms with Crippen LogP contribution in [-0.4, -0.2) is 29.1 Å². The number of carbonyl (C=O) groups excluding carboxylic acids is 2. The number of amides is 3. The highest BCUT2D eigenvalue weighted by Gasteiger charge is 2.15. The van der Waals surface area contributed by atoms with E-state index in [0.717, 1.165) is 11.1 Å². The Morgan fingerprint density at radius 1 is 1.00 bits per heavy atom. The van der Waals surface area contributed by atoms with Crippen molar-refractivity contribution in [1.29, 1.82) is 0 Å². The van der Waals surface area contributed by atoms with E-state index in [9.17, 15) is 14.4 Å². The zero-order valence-corrected chi connectivity index (χ0v) is 14.9. The maximum absolute atomic E-state index is 12.2. The molecule has 2 rings (SSSR count). The van der Waals surface area contributed by atoms with Crippen molar-refractivity contribution in [3.63, 3.8) is 0 Å². The number of aliphatic carboxylic acids is 1. The number of carboxylic acids is 1. The molecule has 0 aliphatic carbocycles. The van der Waals surface area contributed by atoms with E-state index in [-0.39, 0.29) is 19.0 Å². The maximum atomic E-state index is 12.2. The van der Waals surface area contributed by atoms with Gasteiger partial charge in [-0.2, -0.15) is 0 Å². The molecule has 1 atom stereocenters. The van der Waals surface area contributed by atoms with Crippen LogP contribution >= 0.6 is 0 Å². The second kappa shape index (κ2) is 9.96. The summed E-state index contributed by atoms with van der Waals surface area (Å²) >= 11 is 0. The van der Waals surface area contributed by atoms with Gasteiger partial charge in [-0.15, -0.1) is 0 Å². The summed E-state index contributed by atoms with van der Waals surface area (Å²) in [5.41, 5.74) is 7.38. The Balaban J connectivity index is 1.92. The lowest BCUT2D eigenvalue weighted by atomic mass is 10.0. The fraction of sp³-hybridized carbons (Fsp3) is 0.250. The Hall–Kier alpha value is -3.35. The normalized spacial score (nSPS) is 11.4. The van der Waals surface area contributed by atoms with Gasteiger partial charge in [-0.25, -0.2) is 4.79 Å². The number of nitrogens with one attached hydrogen (secondary N) is 2. The molecule has 0 aliphatic rings. The van der Waals surface area contributed by atoms with E-state index in [1.165, 1.54) is 0 Å². The third kappa shape index (κ3) is 7.19. The van der Waals surface area contributed by atoms with Gasteiger partial charge >= 0.3 is 12.0 Å². The lowest BCUT2D eigenvalue weighted by Crippen LogP contribution is -2.43. The largest absolute Gasteiger partial charge is 0.481 e. The van der Waals surface area contributed by atoms with Gasteiger partial charge in [0.15, 0.2) is 0 Å². The van der Waals surface area contributed by atoms with Crippen molar-refractivity contribution in [3.05, 3.63) is 71.3 Å². The first-order valence-corrected chi connectivity index (χ1v) is 8.63. The van der Waals surface area contributed by atoms with Crippen molar-refractivity contribution in [2.45, 2.75) is 31.8 Å². The molecule has 0 radical (unpaired) electrons. The molecule has 0 saturated carbocycles. The van der Waals surface area contributed by atoms with Crippen molar-refractivity contribution in [3.8, 4) is 0 Å². The van der Waals surface area contributed by atoms with Gasteiger partial charge in [0.1, 0.15) is 0 Å². The highest BCUT2D eigenvalue weighted by molar-refractivity contribution is 5.92. The molecular weight excluding hydrogens is 346 g/mol. The van der Waals surface area contributed by atoms with Gasteiger partial charge in [0.2, 0.25) is 5.91 Å². The van der Waals surface area contributed by atoms with Crippen LogP contribution in [-0.2, 0) is 17.8 Å². The average molecular weight is 369 g/mol. The van der Waals surface area contributed by atoms with E-state index in [1.807, 2.05) is 30.3 Å². The number of benzene rings is 2. The minimum Gasteiger partial charge on any atom is -0.481 e. The number of hydrogen-bond donors (Lipinski definition) is 4. The minimum absolute atomic E-state index is 0.0293. The molecule has 0 saturated heterocycles. The van der Waals surface area contributed by atoms with Crippen LogP contribution in [0.25, 0.3) is 0 Å². The van der Waals surface area contributed by atoms with Gasteiger partial charge in [-0.05, 0) is 36.1 Å². The number of nitrogens with two attached hydrogens (primary N) is 1. The van der Waals surface area contributed by atoms with Crippen molar-refractivity contribution in [2.75, 3.05) is 0 Å². The van der Waals surface area contributed by atoms with Crippen molar-refractivity contribution < 1.29 is 19.5 Å². The number of hydrogen-bond acceptors (Lipinski definition) is 3. The molecular formula is C20H23N3O4. The van der Waals surface area contributed by atoms with Crippen LogP contribution in [0.1, 0.15) is 34.3 Å². The molecule has 0 aliphatic heterocycles. The second-order valence-corrected chi connectivity index (χ2v) is 6.21. The first-order chi connectivity index (χ1) is 12.9. The molecule has 7 nitrogen and oxygen atoms in total. The first kappa shape index (κ1) is 20.0. The molecule has 7 heteroatoms. The van der Waals surface area contributed by atoms with E-state index in [1.54, 1.807) is 24.3 Å². The van der Waals surface area contributed by atoms with E-state index < -0.39 is 17.9 Å². The highest BCUT2D eigenvalue weighted by Crippen LogP contribution is 2.08. The van der Waals surface area contributed by atoms with E-state index in [4.69, 9.17) is 10.8 Å². The number of rotatable bonds is 9. The standard InChI is InChI=1S/C20H23N3O4/c21-19(26)16-8-4-7-15(11-16)13-22-20(27)23-17(9-10-18(24)25)12-14-5-2-1-3-6-14/h1-8,11,17H,9-10,12-13H2,(H2,21,26)(H,24,25)(H2,22,23,27). The van der Waals surface area contributed by atoms with E-state index in [2.05, 4.69) is 10.6 Å². The third-order valence-electron chi connectivity index (χ3n) is 4.03. The zero-order valence-electron chi connectivity index (χ0n) is 14.9. The zero-order chi connectivity index (χ0) is 19.6. The molecule has 0 fully saturated rings. The fourth-order valence-corrected chi connectivity index (χ4v) is 2.67. The first-order valence-electron chi connectivity index (χ1n) is 8.63. The van der Waals surface area contributed by atoms with Gasteiger partial charge in [0.25, 0.3) is 0 Å². The molecule has 27 heavy (non-hydrogen) atoms. The molecule has 0 aromatic heterocycles. The Kier molecular flexibility index (Phi) is 7.37. The predicted octanol–water partition coefficient (Wildman–Crippen LogP) is 2.06. The Bertz CT molecular complexity index is 793. The number of urea groups is 1. The molecule has 5 N–H and O–H groups in total. The van der Waals surface area contributed by atoms with Gasteiger partial charge < -0.3 is 21.5 Å². The molecule has 0 bridgehead atoms. The maximum Gasteiger partial charge on any atom is 0.315 e. The van der Waals surface area contributed by atoms with Crippen LogP contribution in [0.15, 0.2) is 54.6 Å². The summed E-state index contributed by atoms with van der Waals surface area (Å²) in [4.78, 5) is 34.3. The van der Waals surface area contributed by atoms with Gasteiger partial charge in [0.05, 0.1) is 0 Å². The Morgan fingerprint density at radius 2 is 1.70 bits per heavy atom. The highest BCUT2D eigenvalue weighted by atomic mass is 16.4. The van der Waals surface area contributed by atoms with Crippen LogP contribution in [0, 0.1) is 0 Å². The van der Waals surface area contributed by atoms with E-state index >= 15 is 0 Å². The SMILES string of the molecule is NC(=O)c1cccc(CNC(=O)NC(CCC(=O)O)Cc2ccccc2)c1. The van der Waals surface area contributed by atoms with Crippen molar-refractivity contribution in [2.24, 2.45) is 5.73 Å². The quantitative estimate of drug-likeness (QED) is 0.540. The minimum atomic E-state index is -0.904. The van der Waals surface area contributed by atoms with Crippen molar-refractivity contribution in [1.82, 2.24) is 10.6 Å². The number of carbonyl (C=O) groups is 3. The smallest absolute Gasteiger partial charge is 0.315 e. The second-order valence-electron chi connectivity index (χ2n) is 6.21. The molecule has 3 amide bonds. The third-order valence-corrected chi connectivity index (χ3v) is 4.03. The molecule has 0 spiro atoms. The van der Waals surface area contributed by atoms with Crippen LogP contribution < -0.4 is 16.4 Å². The molecule has 142 valence electrons. The monoisotopic (exact) mass is 369 g/mol. The molecule has 2 aromatic rings. The summed E-state index contributed by atoms with van der Waals surface area (Å²) in [7, 11) is 0. The summed E-state index contributed by atoms with van der Waals surface area (Å²) in [5, 5.41) is 14.5. The summed E-state index contributed by atoms with van der Waals surface area (Å²) < 4.78 is 0. The van der Waals surface area contributed by atoms with Crippen LogP contribution in [0.4, 0.5) is 4.79 Å². The topological polar surface area (TPSA) is 122 Å².